The fraction of sp³-hybridized carbons (Fsp3) is 0.200. The molecule has 0 aliphatic heterocycles. The topological polar surface area (TPSA) is 39.2 Å². The molecule has 0 spiro atoms. The summed E-state index contributed by atoms with van der Waals surface area (Å²) in [5, 5.41) is 0. The normalized spacial score (nSPS) is 10.1. The molecular formula is C15H15NO2. The highest BCUT2D eigenvalue weighted by Crippen LogP contribution is 2.30. The van der Waals surface area contributed by atoms with Crippen LogP contribution < -0.4 is 4.74 Å². The van der Waals surface area contributed by atoms with Gasteiger partial charge in [0, 0.05) is 28.6 Å². The summed E-state index contributed by atoms with van der Waals surface area (Å²) >= 11 is 0. The van der Waals surface area contributed by atoms with Crippen molar-refractivity contribution in [3.05, 3.63) is 47.8 Å². The molecule has 92 valence electrons. The molecule has 0 fully saturated rings. The van der Waals surface area contributed by atoms with Gasteiger partial charge in [0.05, 0.1) is 6.61 Å². The Labute approximate surface area is 106 Å². The lowest BCUT2D eigenvalue weighted by molar-refractivity contribution is 0.112. The Balaban J connectivity index is 2.51. The molecule has 0 saturated heterocycles. The number of rotatable bonds is 4. The number of nitrogens with zero attached hydrogens (tertiary/aromatic N) is 1. The predicted octanol–water partition coefficient (Wildman–Crippen LogP) is 3.27. The molecule has 0 bridgehead atoms. The second-order valence-electron chi connectivity index (χ2n) is 3.99. The van der Waals surface area contributed by atoms with Crippen LogP contribution in [-0.2, 0) is 0 Å². The van der Waals surface area contributed by atoms with Gasteiger partial charge in [0.1, 0.15) is 12.0 Å². The standard InChI is InChI=1S/C15H15NO2/c1-3-18-15-7-5-12(10-17)8-14(15)13-6-4-11(2)16-9-13/h4-10H,3H2,1-2H3. The van der Waals surface area contributed by atoms with Gasteiger partial charge in [-0.2, -0.15) is 0 Å². The maximum atomic E-state index is 10.9. The van der Waals surface area contributed by atoms with Crippen LogP contribution in [0.25, 0.3) is 11.1 Å². The molecule has 0 atom stereocenters. The molecule has 0 saturated carbocycles. The van der Waals surface area contributed by atoms with Crippen LogP contribution in [0.15, 0.2) is 36.5 Å². The van der Waals surface area contributed by atoms with Crippen LogP contribution in [0.1, 0.15) is 23.0 Å². The van der Waals surface area contributed by atoms with Crippen LogP contribution in [0.5, 0.6) is 5.75 Å². The summed E-state index contributed by atoms with van der Waals surface area (Å²) in [7, 11) is 0. The van der Waals surface area contributed by atoms with Gasteiger partial charge in [-0.1, -0.05) is 6.07 Å². The van der Waals surface area contributed by atoms with Gasteiger partial charge in [-0.05, 0) is 38.1 Å². The summed E-state index contributed by atoms with van der Waals surface area (Å²) < 4.78 is 5.58. The average Bonchev–Trinajstić information content (AvgIpc) is 2.40. The quantitative estimate of drug-likeness (QED) is 0.771. The van der Waals surface area contributed by atoms with Crippen LogP contribution >= 0.6 is 0 Å². The largest absolute Gasteiger partial charge is 0.493 e. The highest BCUT2D eigenvalue weighted by molar-refractivity contribution is 5.81. The van der Waals surface area contributed by atoms with E-state index in [4.69, 9.17) is 4.74 Å². The highest BCUT2D eigenvalue weighted by atomic mass is 16.5. The lowest BCUT2D eigenvalue weighted by Gasteiger charge is -2.10. The monoisotopic (exact) mass is 241 g/mol. The van der Waals surface area contributed by atoms with Crippen molar-refractivity contribution < 1.29 is 9.53 Å². The molecule has 1 aromatic carbocycles. The van der Waals surface area contributed by atoms with Crippen molar-refractivity contribution in [1.82, 2.24) is 4.98 Å². The van der Waals surface area contributed by atoms with Gasteiger partial charge >= 0.3 is 0 Å². The highest BCUT2D eigenvalue weighted by Gasteiger charge is 2.07. The second kappa shape index (κ2) is 5.45. The minimum Gasteiger partial charge on any atom is -0.493 e. The third kappa shape index (κ3) is 2.56. The number of aldehydes is 1. The number of pyridine rings is 1. The summed E-state index contributed by atoms with van der Waals surface area (Å²) in [5.41, 5.74) is 3.44. The summed E-state index contributed by atoms with van der Waals surface area (Å²) in [6.45, 7) is 4.46. The molecule has 1 heterocycles. The van der Waals surface area contributed by atoms with Gasteiger partial charge in [-0.3, -0.25) is 9.78 Å². The first-order valence-corrected chi connectivity index (χ1v) is 5.89. The van der Waals surface area contributed by atoms with E-state index < -0.39 is 0 Å². The van der Waals surface area contributed by atoms with Crippen LogP contribution in [0.3, 0.4) is 0 Å². The molecule has 0 aliphatic carbocycles. The molecule has 18 heavy (non-hydrogen) atoms. The predicted molar refractivity (Wildman–Crippen MR) is 71.0 cm³/mol. The van der Waals surface area contributed by atoms with Crippen LogP contribution in [0.2, 0.25) is 0 Å². The van der Waals surface area contributed by atoms with Crippen molar-refractivity contribution in [2.75, 3.05) is 6.61 Å². The van der Waals surface area contributed by atoms with Crippen molar-refractivity contribution >= 4 is 6.29 Å². The summed E-state index contributed by atoms with van der Waals surface area (Å²) in [6.07, 6.45) is 2.63. The van der Waals surface area contributed by atoms with Crippen molar-refractivity contribution in [3.8, 4) is 16.9 Å². The number of hydrogen-bond donors (Lipinski definition) is 0. The lowest BCUT2D eigenvalue weighted by Crippen LogP contribution is -1.95. The molecule has 2 aromatic rings. The zero-order valence-corrected chi connectivity index (χ0v) is 10.5. The minimum absolute atomic E-state index is 0.590. The molecule has 0 N–H and O–H groups in total. The Morgan fingerprint density at radius 3 is 2.72 bits per heavy atom. The van der Waals surface area contributed by atoms with Gasteiger partial charge in [0.2, 0.25) is 0 Å². The Kier molecular flexibility index (Phi) is 3.72. The SMILES string of the molecule is CCOc1ccc(C=O)cc1-c1ccc(C)nc1. The number of aromatic nitrogens is 1. The van der Waals surface area contributed by atoms with Crippen molar-refractivity contribution in [3.63, 3.8) is 0 Å². The number of hydrogen-bond acceptors (Lipinski definition) is 3. The van der Waals surface area contributed by atoms with Gasteiger partial charge in [0.15, 0.2) is 0 Å². The first kappa shape index (κ1) is 12.3. The van der Waals surface area contributed by atoms with E-state index in [2.05, 4.69) is 4.98 Å². The third-order valence-corrected chi connectivity index (χ3v) is 2.66. The van der Waals surface area contributed by atoms with E-state index in [9.17, 15) is 4.79 Å². The Morgan fingerprint density at radius 2 is 2.11 bits per heavy atom. The molecular weight excluding hydrogens is 226 g/mol. The van der Waals surface area contributed by atoms with E-state index in [0.717, 1.165) is 28.9 Å². The average molecular weight is 241 g/mol. The molecule has 0 radical (unpaired) electrons. The molecule has 0 amide bonds. The van der Waals surface area contributed by atoms with Crippen LogP contribution in [0, 0.1) is 6.92 Å². The zero-order valence-electron chi connectivity index (χ0n) is 10.5. The van der Waals surface area contributed by atoms with Gasteiger partial charge < -0.3 is 4.74 Å². The Hall–Kier alpha value is -2.16. The Morgan fingerprint density at radius 1 is 1.28 bits per heavy atom. The van der Waals surface area contributed by atoms with Gasteiger partial charge in [-0.25, -0.2) is 0 Å². The smallest absolute Gasteiger partial charge is 0.150 e. The second-order valence-corrected chi connectivity index (χ2v) is 3.99. The molecule has 1 aromatic heterocycles. The van der Waals surface area contributed by atoms with E-state index in [0.29, 0.717) is 12.2 Å². The fourth-order valence-electron chi connectivity index (χ4n) is 1.75. The molecule has 3 heteroatoms. The summed E-state index contributed by atoms with van der Waals surface area (Å²) in [4.78, 5) is 15.1. The maximum Gasteiger partial charge on any atom is 0.150 e. The van der Waals surface area contributed by atoms with E-state index in [1.807, 2.05) is 38.1 Å². The number of carbonyl (C=O) groups excluding carboxylic acids is 1. The number of aryl methyl sites for hydroxylation is 1. The van der Waals surface area contributed by atoms with E-state index >= 15 is 0 Å². The summed E-state index contributed by atoms with van der Waals surface area (Å²) in [6, 6.07) is 9.32. The number of carbonyl (C=O) groups is 1. The van der Waals surface area contributed by atoms with Crippen molar-refractivity contribution in [2.45, 2.75) is 13.8 Å². The molecule has 3 nitrogen and oxygen atoms in total. The van der Waals surface area contributed by atoms with E-state index in [-0.39, 0.29) is 0 Å². The van der Waals surface area contributed by atoms with Crippen LogP contribution in [0.4, 0.5) is 0 Å². The maximum absolute atomic E-state index is 10.9. The molecule has 2 rings (SSSR count). The molecule has 0 unspecified atom stereocenters. The number of benzene rings is 1. The van der Waals surface area contributed by atoms with Gasteiger partial charge in [0.25, 0.3) is 0 Å². The van der Waals surface area contributed by atoms with Crippen molar-refractivity contribution in [2.24, 2.45) is 0 Å². The fourth-order valence-corrected chi connectivity index (χ4v) is 1.75. The minimum atomic E-state index is 0.590. The lowest BCUT2D eigenvalue weighted by atomic mass is 10.0. The first-order valence-electron chi connectivity index (χ1n) is 5.89. The van der Waals surface area contributed by atoms with Crippen molar-refractivity contribution in [1.29, 1.82) is 0 Å². The third-order valence-electron chi connectivity index (χ3n) is 2.66. The van der Waals surface area contributed by atoms with E-state index in [1.54, 1.807) is 12.3 Å². The Bertz CT molecular complexity index is 547. The zero-order chi connectivity index (χ0) is 13.0. The summed E-state index contributed by atoms with van der Waals surface area (Å²) in [5.74, 6) is 0.772. The van der Waals surface area contributed by atoms with E-state index in [1.165, 1.54) is 0 Å². The van der Waals surface area contributed by atoms with Gasteiger partial charge in [-0.15, -0.1) is 0 Å². The molecule has 0 aliphatic rings. The first-order chi connectivity index (χ1) is 8.74. The number of ether oxygens (including phenoxy) is 1. The van der Waals surface area contributed by atoms with Crippen LogP contribution in [-0.4, -0.2) is 17.9 Å².